The number of hydrogen-bond acceptors (Lipinski definition) is 6. The number of hydrogen-bond donors (Lipinski definition) is 2. The van der Waals surface area contributed by atoms with Crippen molar-refractivity contribution in [2.24, 2.45) is 5.73 Å². The quantitative estimate of drug-likeness (QED) is 0.649. The number of anilines is 2. The predicted octanol–water partition coefficient (Wildman–Crippen LogP) is 3.05. The Kier molecular flexibility index (Phi) is 5.62. The van der Waals surface area contributed by atoms with Gasteiger partial charge in [0.25, 0.3) is 0 Å². The van der Waals surface area contributed by atoms with E-state index in [0.29, 0.717) is 23.8 Å². The Morgan fingerprint density at radius 2 is 2.03 bits per heavy atom. The third kappa shape index (κ3) is 4.11. The second-order valence-electron chi connectivity index (χ2n) is 7.61. The number of halogens is 1. The van der Waals surface area contributed by atoms with Gasteiger partial charge in [0.05, 0.1) is 16.2 Å². The largest absolute Gasteiger partial charge is 0.381 e. The molecule has 1 aliphatic rings. The summed E-state index contributed by atoms with van der Waals surface area (Å²) in [5, 5.41) is 4.05. The number of pyridine rings is 1. The molecule has 0 saturated heterocycles. The van der Waals surface area contributed by atoms with Crippen molar-refractivity contribution in [3.05, 3.63) is 59.7 Å². The highest BCUT2D eigenvalue weighted by atomic mass is 32.2. The molecule has 0 fully saturated rings. The van der Waals surface area contributed by atoms with E-state index in [9.17, 15) is 12.8 Å². The predicted molar refractivity (Wildman–Crippen MR) is 118 cm³/mol. The standard InChI is InChI=1S/C22H25FN4O2S/c1-15-6-7-19-18(10-15)20(25-13-17(23)12-24)11-22(26-19)27-8-9-30(28,29)21-5-3-2-4-16(21)14-27/h2-7,10-11,17H,8-9,12-14,24H2,1H3,(H,25,26). The number of sulfone groups is 1. The number of nitrogens with two attached hydrogens (primary N) is 1. The van der Waals surface area contributed by atoms with Gasteiger partial charge >= 0.3 is 0 Å². The van der Waals surface area contributed by atoms with Gasteiger partial charge in [-0.15, -0.1) is 0 Å². The van der Waals surface area contributed by atoms with Gasteiger partial charge in [-0.2, -0.15) is 0 Å². The fourth-order valence-electron chi connectivity index (χ4n) is 3.70. The summed E-state index contributed by atoms with van der Waals surface area (Å²) in [5.74, 6) is 0.670. The van der Waals surface area contributed by atoms with Crippen LogP contribution in [0.3, 0.4) is 0 Å². The zero-order valence-corrected chi connectivity index (χ0v) is 17.6. The van der Waals surface area contributed by atoms with Gasteiger partial charge in [-0.3, -0.25) is 0 Å². The van der Waals surface area contributed by atoms with Crippen LogP contribution in [0.4, 0.5) is 15.9 Å². The average Bonchev–Trinajstić information content (AvgIpc) is 2.88. The Bertz CT molecular complexity index is 1180. The summed E-state index contributed by atoms with van der Waals surface area (Å²) >= 11 is 0. The van der Waals surface area contributed by atoms with Crippen LogP contribution in [0.1, 0.15) is 11.1 Å². The minimum atomic E-state index is -3.35. The van der Waals surface area contributed by atoms with Crippen LogP contribution < -0.4 is 16.0 Å². The maximum Gasteiger partial charge on any atom is 0.180 e. The second kappa shape index (κ2) is 8.20. The Balaban J connectivity index is 1.76. The molecule has 0 amide bonds. The molecule has 0 spiro atoms. The molecule has 0 bridgehead atoms. The van der Waals surface area contributed by atoms with E-state index < -0.39 is 16.0 Å². The van der Waals surface area contributed by atoms with Crippen molar-refractivity contribution >= 4 is 32.2 Å². The molecular weight excluding hydrogens is 403 g/mol. The monoisotopic (exact) mass is 428 g/mol. The van der Waals surface area contributed by atoms with E-state index in [1.54, 1.807) is 12.1 Å². The lowest BCUT2D eigenvalue weighted by Gasteiger charge is -2.23. The molecule has 6 nitrogen and oxygen atoms in total. The first-order valence-electron chi connectivity index (χ1n) is 9.92. The van der Waals surface area contributed by atoms with E-state index in [4.69, 9.17) is 10.7 Å². The fourth-order valence-corrected chi connectivity index (χ4v) is 5.19. The van der Waals surface area contributed by atoms with E-state index in [0.717, 1.165) is 27.7 Å². The number of aromatic nitrogens is 1. The Morgan fingerprint density at radius 1 is 1.23 bits per heavy atom. The van der Waals surface area contributed by atoms with Crippen molar-refractivity contribution in [2.75, 3.05) is 35.6 Å². The molecule has 0 radical (unpaired) electrons. The highest BCUT2D eigenvalue weighted by molar-refractivity contribution is 7.91. The molecule has 8 heteroatoms. The van der Waals surface area contributed by atoms with Gasteiger partial charge in [0.1, 0.15) is 12.0 Å². The summed E-state index contributed by atoms with van der Waals surface area (Å²) in [7, 11) is -3.35. The molecule has 3 aromatic rings. The molecule has 1 aromatic heterocycles. The third-order valence-corrected chi connectivity index (χ3v) is 7.13. The summed E-state index contributed by atoms with van der Waals surface area (Å²) < 4.78 is 39.1. The number of nitrogens with one attached hydrogen (secondary N) is 1. The average molecular weight is 429 g/mol. The van der Waals surface area contributed by atoms with Gasteiger partial charge in [-0.05, 0) is 30.7 Å². The van der Waals surface area contributed by atoms with E-state index in [1.165, 1.54) is 0 Å². The topological polar surface area (TPSA) is 88.3 Å². The number of aryl methyl sites for hydroxylation is 1. The van der Waals surface area contributed by atoms with Gasteiger partial charge in [0.2, 0.25) is 0 Å². The number of benzene rings is 2. The zero-order valence-electron chi connectivity index (χ0n) is 16.8. The summed E-state index contributed by atoms with van der Waals surface area (Å²) in [4.78, 5) is 7.13. The van der Waals surface area contributed by atoms with Gasteiger partial charge in [-0.1, -0.05) is 29.8 Å². The number of nitrogens with zero attached hydrogens (tertiary/aromatic N) is 2. The molecule has 1 aliphatic heterocycles. The lowest BCUT2D eigenvalue weighted by Crippen LogP contribution is -2.27. The van der Waals surface area contributed by atoms with Crippen molar-refractivity contribution < 1.29 is 12.8 Å². The molecule has 0 saturated carbocycles. The molecule has 0 aliphatic carbocycles. The normalized spacial score (nSPS) is 16.7. The lowest BCUT2D eigenvalue weighted by atomic mass is 10.1. The molecule has 30 heavy (non-hydrogen) atoms. The molecule has 3 N–H and O–H groups in total. The summed E-state index contributed by atoms with van der Waals surface area (Å²) in [6, 6.07) is 14.9. The number of fused-ring (bicyclic) bond motifs is 2. The first kappa shape index (κ1) is 20.6. The van der Waals surface area contributed by atoms with Crippen LogP contribution in [0.5, 0.6) is 0 Å². The first-order valence-corrected chi connectivity index (χ1v) is 11.6. The van der Waals surface area contributed by atoms with E-state index in [2.05, 4.69) is 5.32 Å². The van der Waals surface area contributed by atoms with Gasteiger partial charge in [0, 0.05) is 43.3 Å². The van der Waals surface area contributed by atoms with Crippen LogP contribution in [-0.4, -0.2) is 45.0 Å². The van der Waals surface area contributed by atoms with Crippen LogP contribution in [0, 0.1) is 6.92 Å². The molecule has 158 valence electrons. The smallest absolute Gasteiger partial charge is 0.180 e. The molecule has 4 rings (SSSR count). The fraction of sp³-hybridized carbons (Fsp3) is 0.318. The summed E-state index contributed by atoms with van der Waals surface area (Å²) in [6.45, 7) is 2.80. The van der Waals surface area contributed by atoms with E-state index in [-0.39, 0.29) is 18.8 Å². The van der Waals surface area contributed by atoms with Crippen LogP contribution in [0.25, 0.3) is 10.9 Å². The number of rotatable bonds is 5. The molecule has 1 atom stereocenters. The number of alkyl halides is 1. The summed E-state index contributed by atoms with van der Waals surface area (Å²) in [5.41, 5.74) is 8.77. The SMILES string of the molecule is Cc1ccc2nc(N3CCS(=O)(=O)c4ccccc4C3)cc(NCC(F)CN)c2c1. The minimum Gasteiger partial charge on any atom is -0.381 e. The van der Waals surface area contributed by atoms with Crippen molar-refractivity contribution in [3.8, 4) is 0 Å². The minimum absolute atomic E-state index is 0.0140. The van der Waals surface area contributed by atoms with Crippen LogP contribution in [0.15, 0.2) is 53.4 Å². The Morgan fingerprint density at radius 3 is 2.83 bits per heavy atom. The highest BCUT2D eigenvalue weighted by Gasteiger charge is 2.26. The molecular formula is C22H25FN4O2S. The molecule has 2 heterocycles. The van der Waals surface area contributed by atoms with Gasteiger partial charge in [0.15, 0.2) is 9.84 Å². The zero-order chi connectivity index (χ0) is 21.3. The second-order valence-corrected chi connectivity index (χ2v) is 9.69. The van der Waals surface area contributed by atoms with E-state index >= 15 is 0 Å². The van der Waals surface area contributed by atoms with Crippen LogP contribution in [0.2, 0.25) is 0 Å². The Labute approximate surface area is 175 Å². The lowest BCUT2D eigenvalue weighted by molar-refractivity contribution is 0.358. The van der Waals surface area contributed by atoms with Crippen molar-refractivity contribution in [1.82, 2.24) is 4.98 Å². The molecule has 2 aromatic carbocycles. The highest BCUT2D eigenvalue weighted by Crippen LogP contribution is 2.31. The first-order chi connectivity index (χ1) is 14.4. The Hall–Kier alpha value is -2.71. The van der Waals surface area contributed by atoms with Crippen LogP contribution in [-0.2, 0) is 16.4 Å². The van der Waals surface area contributed by atoms with Gasteiger partial charge in [-0.25, -0.2) is 17.8 Å². The molecule has 1 unspecified atom stereocenters. The van der Waals surface area contributed by atoms with Crippen LogP contribution >= 0.6 is 0 Å². The third-order valence-electron chi connectivity index (χ3n) is 5.34. The summed E-state index contributed by atoms with van der Waals surface area (Å²) in [6.07, 6.45) is -1.16. The van der Waals surface area contributed by atoms with Crippen molar-refractivity contribution in [2.45, 2.75) is 24.5 Å². The van der Waals surface area contributed by atoms with Crippen molar-refractivity contribution in [3.63, 3.8) is 0 Å². The van der Waals surface area contributed by atoms with Crippen molar-refractivity contribution in [1.29, 1.82) is 0 Å². The van der Waals surface area contributed by atoms with Gasteiger partial charge < -0.3 is 16.0 Å². The maximum absolute atomic E-state index is 13.8. The maximum atomic E-state index is 13.8. The van der Waals surface area contributed by atoms with E-state index in [1.807, 2.05) is 48.2 Å².